The monoisotopic (exact) mass is 530 g/mol. The molecular weight excluding hydrogens is 500 g/mol. The van der Waals surface area contributed by atoms with Crippen molar-refractivity contribution in [2.24, 2.45) is 0 Å². The topological polar surface area (TPSA) is 117 Å². The second kappa shape index (κ2) is 9.81. The summed E-state index contributed by atoms with van der Waals surface area (Å²) in [5.74, 6) is 0.997. The summed E-state index contributed by atoms with van der Waals surface area (Å²) in [6.45, 7) is 7.98. The average Bonchev–Trinajstić information content (AvgIpc) is 3.34. The van der Waals surface area contributed by atoms with E-state index in [9.17, 15) is 15.0 Å². The van der Waals surface area contributed by atoms with Crippen molar-refractivity contribution in [1.29, 1.82) is 0 Å². The highest BCUT2D eigenvalue weighted by atomic mass is 32.1. The standard InChI is InChI=1S/C29H30N4O4S/c1-17-12-22(32-25(13-17)33-24-15-20(9-11-30-24)37-28(2,3)4)23-16-31-27(38-23)29(36)10-5-6-18-14-19(26(34)35)7-8-21(18)29/h7-9,11-16,36H,5-6,10H2,1-4H3,(H,34,35)(H,30,32,33)/t29-/m1/s1. The van der Waals surface area contributed by atoms with Gasteiger partial charge in [0.05, 0.1) is 16.1 Å². The third-order valence-corrected chi connectivity index (χ3v) is 7.45. The molecule has 1 atom stereocenters. The number of aryl methyl sites for hydroxylation is 2. The van der Waals surface area contributed by atoms with Crippen LogP contribution in [0.5, 0.6) is 5.75 Å². The minimum atomic E-state index is -1.27. The molecule has 0 saturated carbocycles. The Labute approximate surface area is 225 Å². The minimum Gasteiger partial charge on any atom is -0.488 e. The van der Waals surface area contributed by atoms with E-state index in [0.717, 1.165) is 40.1 Å². The van der Waals surface area contributed by atoms with E-state index in [0.29, 0.717) is 28.8 Å². The molecule has 0 fully saturated rings. The zero-order valence-corrected chi connectivity index (χ0v) is 22.6. The summed E-state index contributed by atoms with van der Waals surface area (Å²) in [5, 5.41) is 24.9. The highest BCUT2D eigenvalue weighted by molar-refractivity contribution is 7.15. The lowest BCUT2D eigenvalue weighted by Gasteiger charge is -2.33. The van der Waals surface area contributed by atoms with Crippen LogP contribution in [0, 0.1) is 6.92 Å². The summed E-state index contributed by atoms with van der Waals surface area (Å²) in [5.41, 5.74) is 1.95. The number of pyridine rings is 2. The third-order valence-electron chi connectivity index (χ3n) is 6.28. The molecule has 9 heteroatoms. The van der Waals surface area contributed by atoms with Crippen molar-refractivity contribution < 1.29 is 19.7 Å². The molecular formula is C29H30N4O4S. The number of rotatable bonds is 6. The molecule has 0 bridgehead atoms. The first kappa shape index (κ1) is 25.8. The molecule has 1 aromatic carbocycles. The number of aromatic carboxylic acids is 1. The van der Waals surface area contributed by atoms with Crippen molar-refractivity contribution >= 4 is 28.9 Å². The molecule has 1 aliphatic carbocycles. The number of aromatic nitrogens is 3. The van der Waals surface area contributed by atoms with E-state index in [1.807, 2.05) is 52.0 Å². The normalized spacial score (nSPS) is 17.1. The summed E-state index contributed by atoms with van der Waals surface area (Å²) in [6, 6.07) is 12.5. The Morgan fingerprint density at radius 3 is 2.68 bits per heavy atom. The maximum absolute atomic E-state index is 11.7. The van der Waals surface area contributed by atoms with Crippen LogP contribution < -0.4 is 10.1 Å². The molecule has 3 heterocycles. The number of fused-ring (bicyclic) bond motifs is 1. The third kappa shape index (κ3) is 5.39. The first-order valence-corrected chi connectivity index (χ1v) is 13.3. The molecule has 196 valence electrons. The molecule has 0 amide bonds. The van der Waals surface area contributed by atoms with E-state index in [-0.39, 0.29) is 11.2 Å². The quantitative estimate of drug-likeness (QED) is 0.274. The van der Waals surface area contributed by atoms with Gasteiger partial charge in [0.15, 0.2) is 0 Å². The van der Waals surface area contributed by atoms with Crippen LogP contribution in [0.4, 0.5) is 11.6 Å². The highest BCUT2D eigenvalue weighted by Gasteiger charge is 2.39. The van der Waals surface area contributed by atoms with Gasteiger partial charge >= 0.3 is 5.97 Å². The van der Waals surface area contributed by atoms with E-state index in [2.05, 4.69) is 15.3 Å². The smallest absolute Gasteiger partial charge is 0.335 e. The molecule has 0 aliphatic heterocycles. The van der Waals surface area contributed by atoms with Crippen LogP contribution in [-0.4, -0.2) is 36.7 Å². The van der Waals surface area contributed by atoms with Crippen LogP contribution in [0.25, 0.3) is 10.6 Å². The van der Waals surface area contributed by atoms with Gasteiger partial charge in [-0.15, -0.1) is 11.3 Å². The number of carbonyl (C=O) groups is 1. The molecule has 8 nitrogen and oxygen atoms in total. The van der Waals surface area contributed by atoms with Crippen LogP contribution in [0.2, 0.25) is 0 Å². The van der Waals surface area contributed by atoms with Gasteiger partial charge in [-0.3, -0.25) is 0 Å². The maximum Gasteiger partial charge on any atom is 0.335 e. The van der Waals surface area contributed by atoms with E-state index < -0.39 is 11.6 Å². The number of nitrogens with one attached hydrogen (secondary N) is 1. The van der Waals surface area contributed by atoms with Gasteiger partial charge in [-0.05, 0) is 94.0 Å². The fourth-order valence-electron chi connectivity index (χ4n) is 4.70. The lowest BCUT2D eigenvalue weighted by atomic mass is 9.79. The SMILES string of the molecule is Cc1cc(Nc2cc(OC(C)(C)C)ccn2)nc(-c2cnc([C@@]3(O)CCCc4cc(C(=O)O)ccc43)s2)c1. The number of carboxylic acid groups (broad SMARTS) is 1. The second-order valence-electron chi connectivity index (χ2n) is 10.6. The van der Waals surface area contributed by atoms with Crippen LogP contribution in [0.15, 0.2) is 54.9 Å². The zero-order chi connectivity index (χ0) is 27.1. The van der Waals surface area contributed by atoms with Crippen LogP contribution in [0.3, 0.4) is 0 Å². The highest BCUT2D eigenvalue weighted by Crippen LogP contribution is 2.43. The fourth-order valence-corrected chi connectivity index (χ4v) is 5.71. The van der Waals surface area contributed by atoms with Gasteiger partial charge in [-0.25, -0.2) is 19.7 Å². The van der Waals surface area contributed by atoms with E-state index in [1.54, 1.807) is 30.6 Å². The summed E-state index contributed by atoms with van der Waals surface area (Å²) < 4.78 is 5.95. The number of carboxylic acids is 1. The predicted octanol–water partition coefficient (Wildman–Crippen LogP) is 6.10. The van der Waals surface area contributed by atoms with E-state index in [1.165, 1.54) is 11.3 Å². The van der Waals surface area contributed by atoms with Crippen molar-refractivity contribution in [3.8, 4) is 16.3 Å². The number of ether oxygens (including phenoxy) is 1. The molecule has 0 unspecified atom stereocenters. The lowest BCUT2D eigenvalue weighted by Crippen LogP contribution is -2.32. The largest absolute Gasteiger partial charge is 0.488 e. The number of thiazole rings is 1. The zero-order valence-electron chi connectivity index (χ0n) is 21.8. The van der Waals surface area contributed by atoms with Gasteiger partial charge < -0.3 is 20.3 Å². The Morgan fingerprint density at radius 1 is 1.11 bits per heavy atom. The van der Waals surface area contributed by atoms with Gasteiger partial charge in [0.25, 0.3) is 0 Å². The Morgan fingerprint density at radius 2 is 1.92 bits per heavy atom. The Hall–Kier alpha value is -3.82. The lowest BCUT2D eigenvalue weighted by molar-refractivity contribution is 0.0607. The summed E-state index contributed by atoms with van der Waals surface area (Å²) >= 11 is 1.39. The Kier molecular flexibility index (Phi) is 6.66. The van der Waals surface area contributed by atoms with Crippen molar-refractivity contribution in [3.63, 3.8) is 0 Å². The number of nitrogens with zero attached hydrogens (tertiary/aromatic N) is 3. The van der Waals surface area contributed by atoms with Crippen molar-refractivity contribution in [2.45, 2.75) is 58.2 Å². The summed E-state index contributed by atoms with van der Waals surface area (Å²) in [4.78, 5) is 26.0. The molecule has 3 N–H and O–H groups in total. The fraction of sp³-hybridized carbons (Fsp3) is 0.310. The number of aliphatic hydroxyl groups is 1. The first-order valence-electron chi connectivity index (χ1n) is 12.5. The second-order valence-corrected chi connectivity index (χ2v) is 11.6. The van der Waals surface area contributed by atoms with Gasteiger partial charge in [-0.2, -0.15) is 0 Å². The van der Waals surface area contributed by atoms with E-state index in [4.69, 9.17) is 9.72 Å². The average molecular weight is 531 g/mol. The van der Waals surface area contributed by atoms with Crippen molar-refractivity contribution in [2.75, 3.05) is 5.32 Å². The van der Waals surface area contributed by atoms with Gasteiger partial charge in [0.2, 0.25) is 0 Å². The summed E-state index contributed by atoms with van der Waals surface area (Å²) in [7, 11) is 0. The number of benzene rings is 1. The van der Waals surface area contributed by atoms with E-state index >= 15 is 0 Å². The Bertz CT molecular complexity index is 1510. The predicted molar refractivity (Wildman–Crippen MR) is 147 cm³/mol. The van der Waals surface area contributed by atoms with Crippen LogP contribution >= 0.6 is 11.3 Å². The van der Waals surface area contributed by atoms with Gasteiger partial charge in [0.1, 0.15) is 33.6 Å². The number of anilines is 2. The number of hydrogen-bond acceptors (Lipinski definition) is 8. The molecule has 0 radical (unpaired) electrons. The van der Waals surface area contributed by atoms with Crippen LogP contribution in [0.1, 0.15) is 65.7 Å². The first-order chi connectivity index (χ1) is 18.0. The summed E-state index contributed by atoms with van der Waals surface area (Å²) in [6.07, 6.45) is 5.41. The number of hydrogen-bond donors (Lipinski definition) is 3. The molecule has 5 rings (SSSR count). The Balaban J connectivity index is 1.43. The molecule has 38 heavy (non-hydrogen) atoms. The molecule has 4 aromatic rings. The van der Waals surface area contributed by atoms with Gasteiger partial charge in [0, 0.05) is 18.5 Å². The van der Waals surface area contributed by atoms with Crippen LogP contribution in [-0.2, 0) is 12.0 Å². The van der Waals surface area contributed by atoms with Crippen molar-refractivity contribution in [1.82, 2.24) is 15.0 Å². The maximum atomic E-state index is 11.7. The molecule has 0 spiro atoms. The molecule has 1 aliphatic rings. The minimum absolute atomic E-state index is 0.224. The van der Waals surface area contributed by atoms with Crippen molar-refractivity contribution in [3.05, 3.63) is 82.1 Å². The molecule has 3 aromatic heterocycles. The molecule has 0 saturated heterocycles. The van der Waals surface area contributed by atoms with Gasteiger partial charge in [-0.1, -0.05) is 6.07 Å².